The first-order valence-electron chi connectivity index (χ1n) is 7.10. The minimum atomic E-state index is -0.209. The maximum absolute atomic E-state index is 12.0. The molecular weight excluding hydrogens is 272 g/mol. The molecule has 0 unspecified atom stereocenters. The third kappa shape index (κ3) is 2.93. The molecule has 1 heterocycles. The van der Waals surface area contributed by atoms with Crippen LogP contribution in [0.1, 0.15) is 45.8 Å². The van der Waals surface area contributed by atoms with Gasteiger partial charge in [0.05, 0.1) is 4.88 Å². The van der Waals surface area contributed by atoms with E-state index in [0.717, 1.165) is 25.7 Å². The van der Waals surface area contributed by atoms with Gasteiger partial charge in [0.15, 0.2) is 0 Å². The minimum Gasteiger partial charge on any atom is -0.273 e. The lowest BCUT2D eigenvalue weighted by Gasteiger charge is -2.09. The van der Waals surface area contributed by atoms with Crippen LogP contribution in [0.4, 0.5) is 0 Å². The van der Waals surface area contributed by atoms with Crippen molar-refractivity contribution >= 4 is 23.2 Å². The lowest BCUT2D eigenvalue weighted by molar-refractivity contribution is -0.122. The van der Waals surface area contributed by atoms with Gasteiger partial charge in [-0.15, -0.1) is 11.3 Å². The Balaban J connectivity index is 1.48. The molecule has 2 N–H and O–H groups in total. The first-order chi connectivity index (χ1) is 9.72. The molecule has 0 saturated heterocycles. The SMILES string of the molecule is O=C(C[C@H]1C=CCC1)NNC(=O)c1cc2c(s1)CCC2. The van der Waals surface area contributed by atoms with Crippen molar-refractivity contribution in [3.63, 3.8) is 0 Å². The number of nitrogens with one attached hydrogen (secondary N) is 2. The highest BCUT2D eigenvalue weighted by Crippen LogP contribution is 2.30. The summed E-state index contributed by atoms with van der Waals surface area (Å²) in [5, 5.41) is 0. The topological polar surface area (TPSA) is 58.2 Å². The Kier molecular flexibility index (Phi) is 3.87. The van der Waals surface area contributed by atoms with Crippen LogP contribution in [0.5, 0.6) is 0 Å². The van der Waals surface area contributed by atoms with Crippen LogP contribution in [-0.2, 0) is 17.6 Å². The third-order valence-corrected chi connectivity index (χ3v) is 5.08. The minimum absolute atomic E-state index is 0.126. The second-order valence-corrected chi connectivity index (χ2v) is 6.52. The second kappa shape index (κ2) is 5.79. The molecule has 106 valence electrons. The molecule has 2 aliphatic rings. The standard InChI is InChI=1S/C15H18N2O2S/c18-14(8-10-4-1-2-5-10)16-17-15(19)13-9-11-6-3-7-12(11)20-13/h1,4,9-10H,2-3,5-8H2,(H,16,18)(H,17,19)/t10-/m0/s1. The first-order valence-corrected chi connectivity index (χ1v) is 7.91. The molecule has 2 amide bonds. The molecule has 0 aromatic carbocycles. The Morgan fingerprint density at radius 3 is 2.95 bits per heavy atom. The molecule has 5 heteroatoms. The van der Waals surface area contributed by atoms with Crippen LogP contribution in [-0.4, -0.2) is 11.8 Å². The molecular formula is C15H18N2O2S. The number of allylic oxidation sites excluding steroid dienone is 2. The molecule has 20 heavy (non-hydrogen) atoms. The molecule has 1 aromatic rings. The van der Waals surface area contributed by atoms with E-state index >= 15 is 0 Å². The average Bonchev–Trinajstić information content (AvgIpc) is 3.11. The maximum atomic E-state index is 12.0. The van der Waals surface area contributed by atoms with Crippen LogP contribution in [0, 0.1) is 5.92 Å². The Morgan fingerprint density at radius 1 is 1.30 bits per heavy atom. The number of thiophene rings is 1. The predicted molar refractivity (Wildman–Crippen MR) is 78.4 cm³/mol. The number of hydrogen-bond acceptors (Lipinski definition) is 3. The van der Waals surface area contributed by atoms with E-state index in [1.165, 1.54) is 16.9 Å². The summed E-state index contributed by atoms with van der Waals surface area (Å²) >= 11 is 1.54. The van der Waals surface area contributed by atoms with E-state index in [0.29, 0.717) is 17.2 Å². The van der Waals surface area contributed by atoms with Crippen LogP contribution < -0.4 is 10.9 Å². The Morgan fingerprint density at radius 2 is 2.20 bits per heavy atom. The molecule has 0 saturated carbocycles. The van der Waals surface area contributed by atoms with E-state index in [4.69, 9.17) is 0 Å². The monoisotopic (exact) mass is 290 g/mol. The molecule has 1 atom stereocenters. The number of aryl methyl sites for hydroxylation is 2. The van der Waals surface area contributed by atoms with E-state index < -0.39 is 0 Å². The summed E-state index contributed by atoms with van der Waals surface area (Å²) in [6, 6.07) is 1.95. The Bertz CT molecular complexity index is 541. The summed E-state index contributed by atoms with van der Waals surface area (Å²) in [5.74, 6) is -0.0175. The molecule has 4 nitrogen and oxygen atoms in total. The summed E-state index contributed by atoms with van der Waals surface area (Å²) in [6.45, 7) is 0. The largest absolute Gasteiger partial charge is 0.279 e. The summed E-state index contributed by atoms with van der Waals surface area (Å²) in [7, 11) is 0. The first kappa shape index (κ1) is 13.4. The summed E-state index contributed by atoms with van der Waals surface area (Å²) in [6.07, 6.45) is 10.0. The van der Waals surface area contributed by atoms with Gasteiger partial charge in [-0.25, -0.2) is 0 Å². The van der Waals surface area contributed by atoms with E-state index in [9.17, 15) is 9.59 Å². The van der Waals surface area contributed by atoms with Gasteiger partial charge < -0.3 is 0 Å². The molecule has 0 aliphatic heterocycles. The van der Waals surface area contributed by atoms with Crippen molar-refractivity contribution < 1.29 is 9.59 Å². The van der Waals surface area contributed by atoms with Crippen molar-refractivity contribution in [2.24, 2.45) is 5.92 Å². The summed E-state index contributed by atoms with van der Waals surface area (Å²) in [5.41, 5.74) is 6.31. The Labute approximate surface area is 122 Å². The number of amides is 2. The lowest BCUT2D eigenvalue weighted by atomic mass is 10.1. The van der Waals surface area contributed by atoms with Crippen molar-refractivity contribution in [2.75, 3.05) is 0 Å². The van der Waals surface area contributed by atoms with Gasteiger partial charge >= 0.3 is 0 Å². The van der Waals surface area contributed by atoms with E-state index in [2.05, 4.69) is 23.0 Å². The molecule has 3 rings (SSSR count). The highest BCUT2D eigenvalue weighted by molar-refractivity contribution is 7.14. The van der Waals surface area contributed by atoms with Crippen molar-refractivity contribution in [3.05, 3.63) is 33.5 Å². The predicted octanol–water partition coefficient (Wildman–Crippen LogP) is 2.35. The fraction of sp³-hybridized carbons (Fsp3) is 0.467. The van der Waals surface area contributed by atoms with E-state index in [1.54, 1.807) is 11.3 Å². The van der Waals surface area contributed by atoms with Gasteiger partial charge in [0.1, 0.15) is 0 Å². The van der Waals surface area contributed by atoms with Crippen molar-refractivity contribution in [2.45, 2.75) is 38.5 Å². The van der Waals surface area contributed by atoms with E-state index in [1.807, 2.05) is 6.07 Å². The highest BCUT2D eigenvalue weighted by Gasteiger charge is 2.19. The van der Waals surface area contributed by atoms with Gasteiger partial charge in [-0.05, 0) is 49.7 Å². The van der Waals surface area contributed by atoms with Crippen molar-refractivity contribution in [1.82, 2.24) is 10.9 Å². The van der Waals surface area contributed by atoms with Gasteiger partial charge in [0, 0.05) is 11.3 Å². The van der Waals surface area contributed by atoms with Crippen molar-refractivity contribution in [3.8, 4) is 0 Å². The molecule has 0 fully saturated rings. The van der Waals surface area contributed by atoms with Gasteiger partial charge in [0.25, 0.3) is 5.91 Å². The number of carbonyl (C=O) groups excluding carboxylic acids is 2. The van der Waals surface area contributed by atoms with Gasteiger partial charge in [-0.2, -0.15) is 0 Å². The third-order valence-electron chi connectivity index (χ3n) is 3.85. The van der Waals surface area contributed by atoms with Crippen molar-refractivity contribution in [1.29, 1.82) is 0 Å². The second-order valence-electron chi connectivity index (χ2n) is 5.38. The smallest absolute Gasteiger partial charge is 0.273 e. The molecule has 1 aromatic heterocycles. The highest BCUT2D eigenvalue weighted by atomic mass is 32.1. The zero-order valence-corrected chi connectivity index (χ0v) is 12.1. The maximum Gasteiger partial charge on any atom is 0.279 e. The lowest BCUT2D eigenvalue weighted by Crippen LogP contribution is -2.41. The number of fused-ring (bicyclic) bond motifs is 1. The number of hydrogen-bond donors (Lipinski definition) is 2. The average molecular weight is 290 g/mol. The number of hydrazine groups is 1. The normalized spacial score (nSPS) is 19.9. The van der Waals surface area contributed by atoms with Crippen LogP contribution in [0.2, 0.25) is 0 Å². The Hall–Kier alpha value is -1.62. The fourth-order valence-electron chi connectivity index (χ4n) is 2.78. The zero-order chi connectivity index (χ0) is 13.9. The number of carbonyl (C=O) groups is 2. The summed E-state index contributed by atoms with van der Waals surface area (Å²) < 4.78 is 0. The van der Waals surface area contributed by atoms with Gasteiger partial charge in [-0.1, -0.05) is 12.2 Å². The fourth-order valence-corrected chi connectivity index (χ4v) is 3.93. The van der Waals surface area contributed by atoms with Crippen LogP contribution in [0.3, 0.4) is 0 Å². The zero-order valence-electron chi connectivity index (χ0n) is 11.3. The quantitative estimate of drug-likeness (QED) is 0.663. The van der Waals surface area contributed by atoms with Crippen LogP contribution in [0.25, 0.3) is 0 Å². The molecule has 0 bridgehead atoms. The molecule has 0 radical (unpaired) electrons. The van der Waals surface area contributed by atoms with Crippen LogP contribution in [0.15, 0.2) is 18.2 Å². The molecule has 0 spiro atoms. The van der Waals surface area contributed by atoms with E-state index in [-0.39, 0.29) is 11.8 Å². The van der Waals surface area contributed by atoms with Gasteiger partial charge in [0.2, 0.25) is 5.91 Å². The van der Waals surface area contributed by atoms with Gasteiger partial charge in [-0.3, -0.25) is 20.4 Å². The molecule has 2 aliphatic carbocycles. The van der Waals surface area contributed by atoms with Crippen LogP contribution >= 0.6 is 11.3 Å². The summed E-state index contributed by atoms with van der Waals surface area (Å²) in [4.78, 5) is 25.7. The number of rotatable bonds is 3.